The van der Waals surface area contributed by atoms with E-state index in [0.717, 1.165) is 45.3 Å². The Morgan fingerprint density at radius 3 is 2.24 bits per heavy atom. The number of Topliss-reactive ketones (excluding diaryl/α,β-unsaturated/α-hetero) is 1. The molecule has 33 heavy (non-hydrogen) atoms. The van der Waals surface area contributed by atoms with E-state index < -0.39 is 0 Å². The third-order valence-corrected chi connectivity index (χ3v) is 6.72. The largest absolute Gasteiger partial charge is 0.385 e. The Hall–Kier alpha value is -1.49. The van der Waals surface area contributed by atoms with Crippen molar-refractivity contribution in [2.45, 2.75) is 85.2 Å². The van der Waals surface area contributed by atoms with E-state index in [9.17, 15) is 4.79 Å². The quantitative estimate of drug-likeness (QED) is 0.186. The number of hydrogen-bond donors (Lipinski definition) is 0. The summed E-state index contributed by atoms with van der Waals surface area (Å²) in [6, 6.07) is 10.8. The van der Waals surface area contributed by atoms with Crippen LogP contribution in [-0.2, 0) is 19.0 Å². The summed E-state index contributed by atoms with van der Waals surface area (Å²) in [6.45, 7) is 12.3. The fourth-order valence-corrected chi connectivity index (χ4v) is 4.80. The first kappa shape index (κ1) is 29.5. The zero-order valence-corrected chi connectivity index (χ0v) is 22.4. The molecule has 0 saturated heterocycles. The van der Waals surface area contributed by atoms with Gasteiger partial charge in [0.15, 0.2) is 5.78 Å². The van der Waals surface area contributed by atoms with E-state index in [2.05, 4.69) is 58.0 Å². The van der Waals surface area contributed by atoms with Crippen LogP contribution < -0.4 is 0 Å². The Labute approximate surface area is 203 Å². The lowest BCUT2D eigenvalue weighted by Crippen LogP contribution is -2.23. The van der Waals surface area contributed by atoms with Crippen LogP contribution in [0.3, 0.4) is 0 Å². The molecule has 1 aromatic carbocycles. The second kappa shape index (κ2) is 15.4. The Morgan fingerprint density at radius 2 is 1.67 bits per heavy atom. The molecule has 0 radical (unpaired) electrons. The molecule has 3 unspecified atom stereocenters. The van der Waals surface area contributed by atoms with Crippen LogP contribution in [0, 0.1) is 11.3 Å². The van der Waals surface area contributed by atoms with Crippen LogP contribution in [0.5, 0.6) is 0 Å². The molecule has 0 aromatic heterocycles. The van der Waals surface area contributed by atoms with Gasteiger partial charge in [0.2, 0.25) is 0 Å². The zero-order chi connectivity index (χ0) is 24.9. The highest BCUT2D eigenvalue weighted by atomic mass is 16.5. The van der Waals surface area contributed by atoms with Gasteiger partial charge in [0.05, 0.1) is 6.61 Å². The van der Waals surface area contributed by atoms with Crippen molar-refractivity contribution in [2.75, 3.05) is 34.5 Å². The van der Waals surface area contributed by atoms with E-state index in [-0.39, 0.29) is 23.2 Å². The molecule has 0 aliphatic carbocycles. The average Bonchev–Trinajstić information content (AvgIpc) is 2.78. The maximum atomic E-state index is 12.6. The number of ketones is 1. The fraction of sp³-hybridized carbons (Fsp3) is 0.690. The van der Waals surface area contributed by atoms with Crippen LogP contribution >= 0.6 is 0 Å². The summed E-state index contributed by atoms with van der Waals surface area (Å²) in [5, 5.41) is 0. The van der Waals surface area contributed by atoms with Crippen LogP contribution in [0.2, 0.25) is 0 Å². The molecule has 3 atom stereocenters. The minimum atomic E-state index is -0.352. The Kier molecular flexibility index (Phi) is 13.8. The number of carbonyl (C=O) groups is 1. The van der Waals surface area contributed by atoms with Crippen LogP contribution in [0.4, 0.5) is 0 Å². The van der Waals surface area contributed by atoms with Gasteiger partial charge < -0.3 is 14.2 Å². The molecular formula is C29H48O4. The highest BCUT2D eigenvalue weighted by molar-refractivity contribution is 5.83. The first-order chi connectivity index (χ1) is 15.6. The first-order valence-corrected chi connectivity index (χ1v) is 12.4. The third kappa shape index (κ3) is 11.0. The lowest BCUT2D eigenvalue weighted by atomic mass is 9.76. The summed E-state index contributed by atoms with van der Waals surface area (Å²) in [4.78, 5) is 12.6. The number of ether oxygens (including phenoxy) is 3. The number of carbonyl (C=O) groups excluding carboxylic acids is 1. The van der Waals surface area contributed by atoms with E-state index in [4.69, 9.17) is 14.2 Å². The second-order valence-electron chi connectivity index (χ2n) is 10.3. The van der Waals surface area contributed by atoms with Gasteiger partial charge in [-0.3, -0.25) is 4.79 Å². The standard InChI is InChI=1S/C29H48O4/c1-22(13-12-18-31-6)27(23(2)19-28(30)24(3)33-8)17-16-26(20-29(4,5)21-32-7)25-14-10-9-11-15-25/h9-11,14-15,23-24,26H,12-13,16-21H2,1-8H3. The maximum absolute atomic E-state index is 12.6. The molecule has 0 N–H and O–H groups in total. The van der Waals surface area contributed by atoms with E-state index in [1.807, 2.05) is 6.92 Å². The van der Waals surface area contributed by atoms with Crippen LogP contribution in [0.15, 0.2) is 41.5 Å². The van der Waals surface area contributed by atoms with Crippen molar-refractivity contribution in [1.29, 1.82) is 0 Å². The van der Waals surface area contributed by atoms with Gasteiger partial charge in [0, 0.05) is 34.4 Å². The van der Waals surface area contributed by atoms with E-state index >= 15 is 0 Å². The monoisotopic (exact) mass is 460 g/mol. The lowest BCUT2D eigenvalue weighted by Gasteiger charge is -2.30. The van der Waals surface area contributed by atoms with Gasteiger partial charge in [-0.25, -0.2) is 0 Å². The smallest absolute Gasteiger partial charge is 0.161 e. The predicted molar refractivity (Wildman–Crippen MR) is 138 cm³/mol. The van der Waals surface area contributed by atoms with E-state index in [1.165, 1.54) is 16.7 Å². The normalized spacial score (nSPS) is 15.6. The predicted octanol–water partition coefficient (Wildman–Crippen LogP) is 6.99. The molecule has 0 aliphatic rings. The van der Waals surface area contributed by atoms with Crippen LogP contribution in [-0.4, -0.2) is 46.4 Å². The summed E-state index contributed by atoms with van der Waals surface area (Å²) < 4.78 is 16.1. The number of methoxy groups -OCH3 is 3. The van der Waals surface area contributed by atoms with Gasteiger partial charge >= 0.3 is 0 Å². The zero-order valence-electron chi connectivity index (χ0n) is 22.4. The number of benzene rings is 1. The fourth-order valence-electron chi connectivity index (χ4n) is 4.80. The molecule has 0 aliphatic heterocycles. The molecule has 1 aromatic rings. The van der Waals surface area contributed by atoms with Gasteiger partial charge in [-0.05, 0) is 68.8 Å². The van der Waals surface area contributed by atoms with Crippen molar-refractivity contribution < 1.29 is 19.0 Å². The Balaban J connectivity index is 3.10. The van der Waals surface area contributed by atoms with Crippen molar-refractivity contribution in [1.82, 2.24) is 0 Å². The highest BCUT2D eigenvalue weighted by Gasteiger charge is 2.26. The van der Waals surface area contributed by atoms with E-state index in [0.29, 0.717) is 12.3 Å². The van der Waals surface area contributed by atoms with Gasteiger partial charge in [-0.1, -0.05) is 62.2 Å². The molecule has 4 heteroatoms. The summed E-state index contributed by atoms with van der Waals surface area (Å²) in [5.74, 6) is 0.827. The molecule has 0 amide bonds. The van der Waals surface area contributed by atoms with Crippen molar-refractivity contribution in [3.05, 3.63) is 47.0 Å². The minimum Gasteiger partial charge on any atom is -0.385 e. The van der Waals surface area contributed by atoms with Gasteiger partial charge in [0.25, 0.3) is 0 Å². The molecule has 0 fully saturated rings. The Morgan fingerprint density at radius 1 is 1.00 bits per heavy atom. The van der Waals surface area contributed by atoms with Crippen molar-refractivity contribution in [2.24, 2.45) is 11.3 Å². The van der Waals surface area contributed by atoms with Gasteiger partial charge in [0.1, 0.15) is 6.10 Å². The molecular weight excluding hydrogens is 412 g/mol. The highest BCUT2D eigenvalue weighted by Crippen LogP contribution is 2.37. The SMILES string of the molecule is COCCCC(C)=C(CCC(CC(C)(C)COC)c1ccccc1)C(C)CC(=O)C(C)OC. The molecule has 0 heterocycles. The summed E-state index contributed by atoms with van der Waals surface area (Å²) in [7, 11) is 5.13. The maximum Gasteiger partial charge on any atom is 0.161 e. The first-order valence-electron chi connectivity index (χ1n) is 12.4. The second-order valence-corrected chi connectivity index (χ2v) is 10.3. The molecule has 1 rings (SSSR count). The average molecular weight is 461 g/mol. The van der Waals surface area contributed by atoms with Crippen molar-refractivity contribution in [3.8, 4) is 0 Å². The molecule has 0 bridgehead atoms. The van der Waals surface area contributed by atoms with Gasteiger partial charge in [-0.15, -0.1) is 0 Å². The topological polar surface area (TPSA) is 44.8 Å². The molecule has 188 valence electrons. The van der Waals surface area contributed by atoms with Crippen LogP contribution in [0.1, 0.15) is 84.6 Å². The van der Waals surface area contributed by atoms with Gasteiger partial charge in [-0.2, -0.15) is 0 Å². The minimum absolute atomic E-state index is 0.0993. The summed E-state index contributed by atoms with van der Waals surface area (Å²) >= 11 is 0. The number of hydrogen-bond acceptors (Lipinski definition) is 4. The Bertz CT molecular complexity index is 708. The van der Waals surface area contributed by atoms with Crippen molar-refractivity contribution in [3.63, 3.8) is 0 Å². The number of allylic oxidation sites excluding steroid dienone is 2. The van der Waals surface area contributed by atoms with Crippen LogP contribution in [0.25, 0.3) is 0 Å². The molecule has 0 spiro atoms. The number of rotatable bonds is 17. The van der Waals surface area contributed by atoms with Crippen molar-refractivity contribution >= 4 is 5.78 Å². The summed E-state index contributed by atoms with van der Waals surface area (Å²) in [6.07, 6.45) is 5.31. The third-order valence-electron chi connectivity index (χ3n) is 6.72. The molecule has 4 nitrogen and oxygen atoms in total. The van der Waals surface area contributed by atoms with E-state index in [1.54, 1.807) is 21.3 Å². The molecule has 0 saturated carbocycles. The summed E-state index contributed by atoms with van der Waals surface area (Å²) in [5.41, 5.74) is 4.31. The lowest BCUT2D eigenvalue weighted by molar-refractivity contribution is -0.128.